The smallest absolute Gasteiger partial charge is 0.0153 e. The van der Waals surface area contributed by atoms with Crippen LogP contribution in [0.5, 0.6) is 0 Å². The predicted molar refractivity (Wildman–Crippen MR) is 125 cm³/mol. The second-order valence-electron chi connectivity index (χ2n) is 9.56. The molecule has 0 heterocycles. The van der Waals surface area contributed by atoms with E-state index in [4.69, 9.17) is 0 Å². The van der Waals surface area contributed by atoms with Crippen LogP contribution in [0.3, 0.4) is 0 Å². The average molecular weight is 383 g/mol. The second-order valence-corrected chi connectivity index (χ2v) is 9.56. The summed E-state index contributed by atoms with van der Waals surface area (Å²) in [6.45, 7) is 4.61. The quantitative estimate of drug-likeness (QED) is 0.261. The predicted octanol–water partition coefficient (Wildman–Crippen LogP) is 8.88. The first-order valence-electron chi connectivity index (χ1n) is 12.7. The second kappa shape index (κ2) is 15.0. The van der Waals surface area contributed by atoms with Crippen molar-refractivity contribution in [3.05, 3.63) is 24.3 Å². The van der Waals surface area contributed by atoms with E-state index in [1.807, 2.05) is 0 Å². The van der Waals surface area contributed by atoms with Crippen LogP contribution in [0.25, 0.3) is 0 Å². The van der Waals surface area contributed by atoms with Crippen molar-refractivity contribution in [2.75, 3.05) is 0 Å². The van der Waals surface area contributed by atoms with Gasteiger partial charge in [0.1, 0.15) is 0 Å². The van der Waals surface area contributed by atoms with Gasteiger partial charge in [0.2, 0.25) is 0 Å². The fourth-order valence-electron chi connectivity index (χ4n) is 5.16. The van der Waals surface area contributed by atoms with Crippen molar-refractivity contribution < 1.29 is 0 Å². The highest BCUT2D eigenvalue weighted by Gasteiger charge is 2.19. The van der Waals surface area contributed by atoms with Crippen molar-refractivity contribution in [3.63, 3.8) is 0 Å². The number of hydrogen-bond donors (Lipinski definition) is 0. The van der Waals surface area contributed by atoms with E-state index in [1.54, 1.807) is 0 Å². The molecular weight excluding hydrogens is 336 g/mol. The maximum absolute atomic E-state index is 3.25. The fraction of sp³-hybridized carbons (Fsp3) is 0.786. The van der Waals surface area contributed by atoms with Crippen LogP contribution in [0.2, 0.25) is 0 Å². The number of rotatable bonds is 10. The molecule has 2 fully saturated rings. The molecule has 2 rings (SSSR count). The summed E-state index contributed by atoms with van der Waals surface area (Å²) in [5.74, 6) is 10.1. The molecule has 0 aromatic carbocycles. The third-order valence-corrected chi connectivity index (χ3v) is 7.20. The third kappa shape index (κ3) is 10.0. The minimum atomic E-state index is 0.781. The van der Waals surface area contributed by atoms with E-state index in [9.17, 15) is 0 Å². The summed E-state index contributed by atoms with van der Waals surface area (Å²) in [5, 5.41) is 0. The van der Waals surface area contributed by atoms with Crippen molar-refractivity contribution in [3.8, 4) is 11.8 Å². The Morgan fingerprint density at radius 2 is 1.04 bits per heavy atom. The summed E-state index contributed by atoms with van der Waals surface area (Å²) in [4.78, 5) is 0. The molecule has 0 aromatic heterocycles. The molecule has 0 unspecified atom stereocenters. The molecule has 158 valence electrons. The minimum Gasteiger partial charge on any atom is -0.0730 e. The maximum Gasteiger partial charge on any atom is -0.0153 e. The molecule has 0 amide bonds. The van der Waals surface area contributed by atoms with Gasteiger partial charge in [0, 0.05) is 0 Å². The summed E-state index contributed by atoms with van der Waals surface area (Å²) in [7, 11) is 0. The molecule has 0 atom stereocenters. The Bertz CT molecular complexity index is 484. The van der Waals surface area contributed by atoms with E-state index in [0.717, 1.165) is 23.7 Å². The highest BCUT2D eigenvalue weighted by Crippen LogP contribution is 2.33. The number of hydrogen-bond acceptors (Lipinski definition) is 0. The van der Waals surface area contributed by atoms with E-state index < -0.39 is 0 Å². The normalized spacial score (nSPS) is 28.5. The standard InChI is InChI=1S/C28H46/c1-3-5-7-10-14-26-21-23-28(24-22-26)16-12-9-8-11-15-27-19-17-25(18-20-27)13-6-4-2/h11-12,15-16,25-28H,3-7,10,13-14,17-24H2,1-2H3/b15-11+,16-12+/t25-,26-,27-,28-. The van der Waals surface area contributed by atoms with Crippen molar-refractivity contribution in [2.24, 2.45) is 23.7 Å². The van der Waals surface area contributed by atoms with Gasteiger partial charge < -0.3 is 0 Å². The SMILES string of the molecule is CCCCCC[C@H]1CC[C@H](/C=C/C#C/C=C/[C@H]2CC[C@H](CCCC)CC2)CC1. The van der Waals surface area contributed by atoms with Gasteiger partial charge in [-0.05, 0) is 87.2 Å². The van der Waals surface area contributed by atoms with Gasteiger partial charge in [0.05, 0.1) is 0 Å². The minimum absolute atomic E-state index is 0.781. The summed E-state index contributed by atoms with van der Waals surface area (Å²) >= 11 is 0. The fourth-order valence-corrected chi connectivity index (χ4v) is 5.16. The van der Waals surface area contributed by atoms with Crippen molar-refractivity contribution in [2.45, 2.75) is 117 Å². The molecule has 0 N–H and O–H groups in total. The molecule has 0 aromatic rings. The Morgan fingerprint density at radius 3 is 1.50 bits per heavy atom. The third-order valence-electron chi connectivity index (χ3n) is 7.20. The van der Waals surface area contributed by atoms with Gasteiger partial charge in [0.25, 0.3) is 0 Å². The van der Waals surface area contributed by atoms with Crippen molar-refractivity contribution >= 4 is 0 Å². The van der Waals surface area contributed by atoms with E-state index >= 15 is 0 Å². The van der Waals surface area contributed by atoms with Crippen LogP contribution in [0.15, 0.2) is 24.3 Å². The zero-order valence-corrected chi connectivity index (χ0v) is 18.9. The van der Waals surface area contributed by atoms with Gasteiger partial charge in [-0.25, -0.2) is 0 Å². The molecule has 0 bridgehead atoms. The Morgan fingerprint density at radius 1 is 0.571 bits per heavy atom. The zero-order valence-electron chi connectivity index (χ0n) is 18.9. The summed E-state index contributed by atoms with van der Waals surface area (Å²) < 4.78 is 0. The molecular formula is C28H46. The number of unbranched alkanes of at least 4 members (excludes halogenated alkanes) is 4. The summed E-state index contributed by atoms with van der Waals surface area (Å²) in [6, 6.07) is 0. The van der Waals surface area contributed by atoms with Crippen molar-refractivity contribution in [1.82, 2.24) is 0 Å². The molecule has 0 saturated heterocycles. The van der Waals surface area contributed by atoms with E-state index in [0.29, 0.717) is 0 Å². The highest BCUT2D eigenvalue weighted by molar-refractivity contribution is 5.24. The maximum atomic E-state index is 3.25. The van der Waals surface area contributed by atoms with Gasteiger partial charge in [-0.3, -0.25) is 0 Å². The highest BCUT2D eigenvalue weighted by atomic mass is 14.2. The molecule has 2 saturated carbocycles. The molecule has 0 radical (unpaired) electrons. The van der Waals surface area contributed by atoms with Crippen LogP contribution >= 0.6 is 0 Å². The van der Waals surface area contributed by atoms with Crippen LogP contribution < -0.4 is 0 Å². The molecule has 2 aliphatic rings. The first kappa shape index (κ1) is 23.3. The van der Waals surface area contributed by atoms with Gasteiger partial charge >= 0.3 is 0 Å². The molecule has 0 spiro atoms. The topological polar surface area (TPSA) is 0 Å². The van der Waals surface area contributed by atoms with Gasteiger partial charge in [-0.15, -0.1) is 0 Å². The molecule has 0 nitrogen and oxygen atoms in total. The average Bonchev–Trinajstić information content (AvgIpc) is 2.74. The van der Waals surface area contributed by atoms with Crippen LogP contribution in [-0.2, 0) is 0 Å². The molecule has 2 aliphatic carbocycles. The lowest BCUT2D eigenvalue weighted by molar-refractivity contribution is 0.289. The summed E-state index contributed by atoms with van der Waals surface area (Å²) in [6.07, 6.45) is 31.7. The lowest BCUT2D eigenvalue weighted by Crippen LogP contribution is -2.13. The van der Waals surface area contributed by atoms with Crippen LogP contribution in [-0.4, -0.2) is 0 Å². The van der Waals surface area contributed by atoms with Crippen molar-refractivity contribution in [1.29, 1.82) is 0 Å². The van der Waals surface area contributed by atoms with Gasteiger partial charge in [0.15, 0.2) is 0 Å². The van der Waals surface area contributed by atoms with E-state index in [2.05, 4.69) is 50.0 Å². The Hall–Kier alpha value is -0.960. The largest absolute Gasteiger partial charge is 0.0730 e. The Kier molecular flexibility index (Phi) is 12.5. The lowest BCUT2D eigenvalue weighted by Gasteiger charge is -2.26. The van der Waals surface area contributed by atoms with Gasteiger partial charge in [-0.1, -0.05) is 89.2 Å². The van der Waals surface area contributed by atoms with E-state index in [1.165, 1.54) is 103 Å². The first-order valence-corrected chi connectivity index (χ1v) is 12.7. The Labute approximate surface area is 176 Å². The molecule has 0 heteroatoms. The van der Waals surface area contributed by atoms with E-state index in [-0.39, 0.29) is 0 Å². The Balaban J connectivity index is 1.55. The summed E-state index contributed by atoms with van der Waals surface area (Å²) in [5.41, 5.74) is 0. The van der Waals surface area contributed by atoms with Gasteiger partial charge in [-0.2, -0.15) is 0 Å². The van der Waals surface area contributed by atoms with Crippen LogP contribution in [0.1, 0.15) is 117 Å². The monoisotopic (exact) mass is 382 g/mol. The van der Waals surface area contributed by atoms with Crippen LogP contribution in [0, 0.1) is 35.5 Å². The molecule has 28 heavy (non-hydrogen) atoms. The van der Waals surface area contributed by atoms with Crippen LogP contribution in [0.4, 0.5) is 0 Å². The lowest BCUT2D eigenvalue weighted by atomic mass is 9.79. The number of allylic oxidation sites excluding steroid dienone is 4. The zero-order chi connectivity index (χ0) is 19.9. The first-order chi connectivity index (χ1) is 13.8. The molecule has 0 aliphatic heterocycles.